The van der Waals surface area contributed by atoms with Crippen LogP contribution in [-0.4, -0.2) is 10.4 Å². The van der Waals surface area contributed by atoms with Gasteiger partial charge in [-0.15, -0.1) is 11.3 Å². The lowest BCUT2D eigenvalue weighted by Gasteiger charge is -2.03. The molecule has 90 valence electrons. The molecule has 2 aromatic rings. The molecule has 0 radical (unpaired) electrons. The number of aromatic nitrogens is 1. The Morgan fingerprint density at radius 1 is 1.47 bits per heavy atom. The van der Waals surface area contributed by atoms with E-state index in [0.717, 1.165) is 15.0 Å². The van der Waals surface area contributed by atoms with Gasteiger partial charge in [-0.05, 0) is 41.2 Å². The van der Waals surface area contributed by atoms with Gasteiger partial charge < -0.3 is 0 Å². The quantitative estimate of drug-likeness (QED) is 0.810. The van der Waals surface area contributed by atoms with Gasteiger partial charge in [0.1, 0.15) is 0 Å². The van der Waals surface area contributed by atoms with Crippen molar-refractivity contribution in [2.24, 2.45) is 0 Å². The van der Waals surface area contributed by atoms with E-state index in [0.29, 0.717) is 4.88 Å². The highest BCUT2D eigenvalue weighted by atomic mass is 79.9. The summed E-state index contributed by atoms with van der Waals surface area (Å²) < 4.78 is 2.33. The number of nitrogens with zero attached hydrogens (tertiary/aromatic N) is 1. The molecular weight excluding hydrogens is 322 g/mol. The average molecular weight is 332 g/mol. The topological polar surface area (TPSA) is 39.1 Å². The van der Waals surface area contributed by atoms with Crippen molar-refractivity contribution in [1.29, 1.82) is 0 Å². The Bertz CT molecular complexity index is 624. The normalized spacial score (nSPS) is 10.8. The summed E-state index contributed by atoms with van der Waals surface area (Å²) in [5, 5.41) is 1.85. The molecule has 0 fully saturated rings. The number of thiophene rings is 1. The van der Waals surface area contributed by atoms with Crippen molar-refractivity contribution in [2.45, 2.75) is 20.4 Å². The van der Waals surface area contributed by atoms with Crippen molar-refractivity contribution in [3.63, 3.8) is 0 Å². The second-order valence-electron chi connectivity index (χ2n) is 3.62. The first kappa shape index (κ1) is 12.7. The lowest BCUT2D eigenvalue weighted by Crippen LogP contribution is -2.20. The van der Waals surface area contributed by atoms with Crippen molar-refractivity contribution in [2.75, 3.05) is 0 Å². The van der Waals surface area contributed by atoms with E-state index < -0.39 is 0 Å². The molecule has 0 aliphatic carbocycles. The third-order valence-corrected chi connectivity index (χ3v) is 5.42. The van der Waals surface area contributed by atoms with Crippen molar-refractivity contribution in [3.05, 3.63) is 41.0 Å². The van der Waals surface area contributed by atoms with E-state index in [1.54, 1.807) is 0 Å². The van der Waals surface area contributed by atoms with Crippen LogP contribution in [0.5, 0.6) is 0 Å². The first-order chi connectivity index (χ1) is 8.00. The molecule has 2 heterocycles. The van der Waals surface area contributed by atoms with Gasteiger partial charge in [0.2, 0.25) is 0 Å². The van der Waals surface area contributed by atoms with Crippen LogP contribution in [0.3, 0.4) is 0 Å². The van der Waals surface area contributed by atoms with Crippen LogP contribution in [0.25, 0.3) is 0 Å². The molecule has 0 bridgehead atoms. The monoisotopic (exact) mass is 331 g/mol. The zero-order valence-corrected chi connectivity index (χ0v) is 12.5. The van der Waals surface area contributed by atoms with Crippen LogP contribution >= 0.6 is 38.6 Å². The van der Waals surface area contributed by atoms with E-state index in [1.807, 2.05) is 25.3 Å². The van der Waals surface area contributed by atoms with Crippen LogP contribution in [0.1, 0.15) is 20.2 Å². The predicted octanol–water partition coefficient (Wildman–Crippen LogP) is 3.23. The number of hydrogen-bond donors (Lipinski definition) is 0. The fourth-order valence-corrected chi connectivity index (χ4v) is 3.84. The van der Waals surface area contributed by atoms with Gasteiger partial charge in [0.25, 0.3) is 0 Å². The summed E-state index contributed by atoms with van der Waals surface area (Å²) in [5.74, 6) is -0.0325. The lowest BCUT2D eigenvalue weighted by molar-refractivity contribution is 0.0974. The molecule has 0 aliphatic heterocycles. The van der Waals surface area contributed by atoms with Gasteiger partial charge in [-0.25, -0.2) is 0 Å². The minimum atomic E-state index is -0.0685. The van der Waals surface area contributed by atoms with Crippen LogP contribution in [-0.2, 0) is 6.54 Å². The van der Waals surface area contributed by atoms with E-state index in [1.165, 1.54) is 27.2 Å². The maximum absolute atomic E-state index is 12.0. The number of halogens is 1. The molecule has 0 aliphatic rings. The van der Waals surface area contributed by atoms with Gasteiger partial charge in [-0.1, -0.05) is 11.3 Å². The van der Waals surface area contributed by atoms with Crippen LogP contribution in [0, 0.1) is 13.8 Å². The summed E-state index contributed by atoms with van der Waals surface area (Å²) in [7, 11) is 0. The molecule has 3 nitrogen and oxygen atoms in total. The van der Waals surface area contributed by atoms with E-state index in [9.17, 15) is 9.59 Å². The van der Waals surface area contributed by atoms with Crippen molar-refractivity contribution in [3.8, 4) is 0 Å². The third-order valence-electron chi connectivity index (χ3n) is 2.55. The summed E-state index contributed by atoms with van der Waals surface area (Å²) in [4.78, 5) is 25.3. The van der Waals surface area contributed by atoms with Crippen molar-refractivity contribution in [1.82, 2.24) is 4.57 Å². The van der Waals surface area contributed by atoms with Gasteiger partial charge in [0.05, 0.1) is 11.4 Å². The summed E-state index contributed by atoms with van der Waals surface area (Å²) in [5.41, 5.74) is 0.876. The number of aryl methyl sites for hydroxylation is 1. The third kappa shape index (κ3) is 2.43. The Kier molecular flexibility index (Phi) is 3.65. The molecule has 6 heteroatoms. The van der Waals surface area contributed by atoms with Crippen LogP contribution in [0.15, 0.2) is 20.7 Å². The molecule has 0 saturated carbocycles. The highest BCUT2D eigenvalue weighted by molar-refractivity contribution is 9.10. The minimum Gasteiger partial charge on any atom is -0.295 e. The summed E-state index contributed by atoms with van der Waals surface area (Å²) in [6, 6.07) is 1.84. The summed E-state index contributed by atoms with van der Waals surface area (Å²) in [6.07, 6.45) is 0. The number of ketones is 1. The molecule has 2 aromatic heterocycles. The Morgan fingerprint density at radius 2 is 2.18 bits per heavy atom. The van der Waals surface area contributed by atoms with Crippen LogP contribution in [0.2, 0.25) is 0 Å². The zero-order valence-electron chi connectivity index (χ0n) is 9.32. The smallest absolute Gasteiger partial charge is 0.295 e. The van der Waals surface area contributed by atoms with E-state index in [-0.39, 0.29) is 17.2 Å². The fraction of sp³-hybridized carbons (Fsp3) is 0.273. The Labute approximate surface area is 115 Å². The molecule has 17 heavy (non-hydrogen) atoms. The molecule has 0 aromatic carbocycles. The number of rotatable bonds is 3. The molecular formula is C11H10BrNO2S2. The molecule has 0 amide bonds. The summed E-state index contributed by atoms with van der Waals surface area (Å²) >= 11 is 5.90. The van der Waals surface area contributed by atoms with Gasteiger partial charge in [-0.3, -0.25) is 14.2 Å². The number of carbonyl (C=O) groups is 1. The number of thiazole rings is 1. The molecule has 0 unspecified atom stereocenters. The summed E-state index contributed by atoms with van der Waals surface area (Å²) in [6.45, 7) is 3.88. The standard InChI is InChI=1S/C11H10BrNO2S2/c1-6-7(2)17-11(15)13(6)5-9(14)10-8(12)3-4-16-10/h3-4H,5H2,1-2H3. The zero-order chi connectivity index (χ0) is 12.6. The molecule has 0 saturated heterocycles. The van der Waals surface area contributed by atoms with Crippen molar-refractivity contribution < 1.29 is 4.79 Å². The maximum atomic E-state index is 12.0. The fourth-order valence-electron chi connectivity index (χ4n) is 1.48. The molecule has 0 N–H and O–H groups in total. The van der Waals surface area contributed by atoms with Gasteiger partial charge in [-0.2, -0.15) is 0 Å². The number of Topliss-reactive ketones (excluding diaryl/α,β-unsaturated/α-hetero) is 1. The second-order valence-corrected chi connectivity index (χ2v) is 6.55. The Hall–Kier alpha value is -0.720. The van der Waals surface area contributed by atoms with E-state index in [2.05, 4.69) is 15.9 Å². The highest BCUT2D eigenvalue weighted by Crippen LogP contribution is 2.23. The van der Waals surface area contributed by atoms with Gasteiger partial charge in [0.15, 0.2) is 5.78 Å². The minimum absolute atomic E-state index is 0.0325. The van der Waals surface area contributed by atoms with Crippen LogP contribution in [0.4, 0.5) is 0 Å². The largest absolute Gasteiger partial charge is 0.307 e. The Morgan fingerprint density at radius 3 is 2.65 bits per heavy atom. The lowest BCUT2D eigenvalue weighted by atomic mass is 10.3. The number of hydrogen-bond acceptors (Lipinski definition) is 4. The average Bonchev–Trinajstić information content (AvgIpc) is 2.78. The van der Waals surface area contributed by atoms with Crippen LogP contribution < -0.4 is 4.87 Å². The second kappa shape index (κ2) is 4.88. The van der Waals surface area contributed by atoms with Gasteiger partial charge >= 0.3 is 4.87 Å². The SMILES string of the molecule is Cc1sc(=O)n(CC(=O)c2sccc2Br)c1C. The maximum Gasteiger partial charge on any atom is 0.307 e. The Balaban J connectivity index is 2.31. The van der Waals surface area contributed by atoms with Gasteiger partial charge in [0, 0.05) is 15.0 Å². The van der Waals surface area contributed by atoms with E-state index in [4.69, 9.17) is 0 Å². The molecule has 0 atom stereocenters. The predicted molar refractivity (Wildman–Crippen MR) is 74.4 cm³/mol. The molecule has 0 spiro atoms. The first-order valence-electron chi connectivity index (χ1n) is 4.93. The highest BCUT2D eigenvalue weighted by Gasteiger charge is 2.15. The number of carbonyl (C=O) groups excluding carboxylic acids is 1. The molecule has 2 rings (SSSR count). The van der Waals surface area contributed by atoms with Crippen molar-refractivity contribution >= 4 is 44.4 Å². The first-order valence-corrected chi connectivity index (χ1v) is 7.42. The van der Waals surface area contributed by atoms with E-state index >= 15 is 0 Å².